The number of aromatic nitrogens is 2. The van der Waals surface area contributed by atoms with Crippen LogP contribution in [0.1, 0.15) is 32.6 Å². The lowest BCUT2D eigenvalue weighted by molar-refractivity contribution is 0.216. The van der Waals surface area contributed by atoms with E-state index in [4.69, 9.17) is 0 Å². The summed E-state index contributed by atoms with van der Waals surface area (Å²) in [4.78, 5) is 6.97. The van der Waals surface area contributed by atoms with Crippen molar-refractivity contribution in [1.82, 2.24) is 14.5 Å². The van der Waals surface area contributed by atoms with Gasteiger partial charge in [-0.2, -0.15) is 0 Å². The fourth-order valence-corrected chi connectivity index (χ4v) is 2.73. The SMILES string of the molecule is CCN(CC)C(C)c1nc2cc(O)ccc2n1CCO. The zero-order valence-corrected chi connectivity index (χ0v) is 12.4. The van der Waals surface area contributed by atoms with Crippen LogP contribution in [0.2, 0.25) is 0 Å². The van der Waals surface area contributed by atoms with Crippen molar-refractivity contribution >= 4 is 11.0 Å². The summed E-state index contributed by atoms with van der Waals surface area (Å²) in [6.45, 7) is 8.88. The van der Waals surface area contributed by atoms with E-state index >= 15 is 0 Å². The van der Waals surface area contributed by atoms with Crippen molar-refractivity contribution in [3.8, 4) is 5.75 Å². The third-order valence-electron chi connectivity index (χ3n) is 3.82. The molecule has 5 nitrogen and oxygen atoms in total. The molecule has 0 bridgehead atoms. The van der Waals surface area contributed by atoms with Gasteiger partial charge in [-0.1, -0.05) is 13.8 Å². The third kappa shape index (κ3) is 2.64. The van der Waals surface area contributed by atoms with Crippen LogP contribution in [0.3, 0.4) is 0 Å². The summed E-state index contributed by atoms with van der Waals surface area (Å²) in [5.74, 6) is 1.15. The molecule has 1 atom stereocenters. The van der Waals surface area contributed by atoms with E-state index in [1.807, 2.05) is 10.6 Å². The fraction of sp³-hybridized carbons (Fsp3) is 0.533. The van der Waals surface area contributed by atoms with Gasteiger partial charge in [0, 0.05) is 12.6 Å². The number of aliphatic hydroxyl groups excluding tert-OH is 1. The second-order valence-electron chi connectivity index (χ2n) is 4.92. The van der Waals surface area contributed by atoms with Crippen molar-refractivity contribution in [2.24, 2.45) is 0 Å². The van der Waals surface area contributed by atoms with E-state index in [1.165, 1.54) is 0 Å². The molecule has 0 saturated carbocycles. The summed E-state index contributed by atoms with van der Waals surface area (Å²) in [6, 6.07) is 5.35. The molecule has 0 fully saturated rings. The highest BCUT2D eigenvalue weighted by Gasteiger charge is 2.20. The standard InChI is InChI=1S/C15H23N3O2/c1-4-17(5-2)11(3)15-16-13-10-12(20)6-7-14(13)18(15)8-9-19/h6-7,10-11,19-20H,4-5,8-9H2,1-3H3. The Hall–Kier alpha value is -1.59. The van der Waals surface area contributed by atoms with Crippen LogP contribution in [-0.2, 0) is 6.54 Å². The Morgan fingerprint density at radius 3 is 2.60 bits per heavy atom. The van der Waals surface area contributed by atoms with Crippen LogP contribution in [0.15, 0.2) is 18.2 Å². The van der Waals surface area contributed by atoms with Gasteiger partial charge in [-0.05, 0) is 32.1 Å². The smallest absolute Gasteiger partial charge is 0.127 e. The minimum atomic E-state index is 0.0737. The van der Waals surface area contributed by atoms with Crippen molar-refractivity contribution in [2.75, 3.05) is 19.7 Å². The number of rotatable bonds is 6. The Morgan fingerprint density at radius 2 is 2.00 bits per heavy atom. The van der Waals surface area contributed by atoms with Gasteiger partial charge in [0.05, 0.1) is 23.7 Å². The lowest BCUT2D eigenvalue weighted by Crippen LogP contribution is -2.28. The molecule has 0 aliphatic carbocycles. The maximum Gasteiger partial charge on any atom is 0.127 e. The van der Waals surface area contributed by atoms with Gasteiger partial charge in [-0.3, -0.25) is 4.90 Å². The van der Waals surface area contributed by atoms with Gasteiger partial charge < -0.3 is 14.8 Å². The van der Waals surface area contributed by atoms with Gasteiger partial charge >= 0.3 is 0 Å². The van der Waals surface area contributed by atoms with Crippen molar-refractivity contribution in [1.29, 1.82) is 0 Å². The first-order valence-electron chi connectivity index (χ1n) is 7.16. The quantitative estimate of drug-likeness (QED) is 0.849. The minimum Gasteiger partial charge on any atom is -0.508 e. The summed E-state index contributed by atoms with van der Waals surface area (Å²) in [6.07, 6.45) is 0. The molecule has 1 aromatic carbocycles. The van der Waals surface area contributed by atoms with Crippen LogP contribution in [-0.4, -0.2) is 44.4 Å². The molecule has 0 saturated heterocycles. The maximum atomic E-state index is 9.59. The predicted octanol–water partition coefficient (Wildman–Crippen LogP) is 2.14. The number of aromatic hydroxyl groups is 1. The number of benzene rings is 1. The zero-order valence-electron chi connectivity index (χ0n) is 12.4. The monoisotopic (exact) mass is 277 g/mol. The maximum absolute atomic E-state index is 9.59. The summed E-state index contributed by atoms with van der Waals surface area (Å²) >= 11 is 0. The van der Waals surface area contributed by atoms with Crippen molar-refractivity contribution in [2.45, 2.75) is 33.4 Å². The van der Waals surface area contributed by atoms with Crippen LogP contribution in [0.25, 0.3) is 11.0 Å². The van der Waals surface area contributed by atoms with E-state index in [-0.39, 0.29) is 18.4 Å². The van der Waals surface area contributed by atoms with Gasteiger partial charge in [-0.15, -0.1) is 0 Å². The third-order valence-corrected chi connectivity index (χ3v) is 3.82. The lowest BCUT2D eigenvalue weighted by atomic mass is 10.2. The summed E-state index contributed by atoms with van der Waals surface area (Å²) in [5, 5.41) is 18.9. The predicted molar refractivity (Wildman–Crippen MR) is 79.8 cm³/mol. The molecular weight excluding hydrogens is 254 g/mol. The van der Waals surface area contributed by atoms with Gasteiger partial charge in [0.1, 0.15) is 11.6 Å². The molecule has 2 N–H and O–H groups in total. The second-order valence-corrected chi connectivity index (χ2v) is 4.92. The zero-order chi connectivity index (χ0) is 14.7. The fourth-order valence-electron chi connectivity index (χ4n) is 2.73. The lowest BCUT2D eigenvalue weighted by Gasteiger charge is -2.26. The molecule has 2 aromatic rings. The number of hydrogen-bond donors (Lipinski definition) is 2. The van der Waals surface area contributed by atoms with E-state index in [0.717, 1.165) is 29.9 Å². The molecule has 0 radical (unpaired) electrons. The minimum absolute atomic E-state index is 0.0737. The number of hydrogen-bond acceptors (Lipinski definition) is 4. The van der Waals surface area contributed by atoms with Crippen LogP contribution in [0.4, 0.5) is 0 Å². The van der Waals surface area contributed by atoms with E-state index < -0.39 is 0 Å². The Morgan fingerprint density at radius 1 is 1.30 bits per heavy atom. The molecule has 5 heteroatoms. The second kappa shape index (κ2) is 6.24. The van der Waals surface area contributed by atoms with Crippen molar-refractivity contribution < 1.29 is 10.2 Å². The van der Waals surface area contributed by atoms with Crippen LogP contribution >= 0.6 is 0 Å². The van der Waals surface area contributed by atoms with Crippen molar-refractivity contribution in [3.63, 3.8) is 0 Å². The molecule has 1 aromatic heterocycles. The molecule has 1 heterocycles. The highest BCUT2D eigenvalue weighted by Crippen LogP contribution is 2.26. The molecule has 1 unspecified atom stereocenters. The topological polar surface area (TPSA) is 61.5 Å². The normalized spacial score (nSPS) is 13.2. The summed E-state index contributed by atoms with van der Waals surface area (Å²) in [5.41, 5.74) is 1.72. The van der Waals surface area contributed by atoms with E-state index in [1.54, 1.807) is 12.1 Å². The Balaban J connectivity index is 2.53. The molecule has 0 aliphatic rings. The number of phenols is 1. The number of imidazole rings is 1. The van der Waals surface area contributed by atoms with Gasteiger partial charge in [-0.25, -0.2) is 4.98 Å². The van der Waals surface area contributed by atoms with Crippen LogP contribution in [0, 0.1) is 0 Å². The summed E-state index contributed by atoms with van der Waals surface area (Å²) < 4.78 is 2.04. The first kappa shape index (κ1) is 14.8. The largest absolute Gasteiger partial charge is 0.508 e. The first-order valence-corrected chi connectivity index (χ1v) is 7.16. The average molecular weight is 277 g/mol. The molecule has 110 valence electrons. The van der Waals surface area contributed by atoms with E-state index in [2.05, 4.69) is 30.7 Å². The molecule has 0 aliphatic heterocycles. The number of phenolic OH excluding ortho intramolecular Hbond substituents is 1. The Kier molecular flexibility index (Phi) is 4.62. The number of aliphatic hydroxyl groups is 1. The Labute approximate surface area is 119 Å². The number of fused-ring (bicyclic) bond motifs is 1. The first-order chi connectivity index (χ1) is 9.62. The van der Waals surface area contributed by atoms with Gasteiger partial charge in [0.2, 0.25) is 0 Å². The van der Waals surface area contributed by atoms with Crippen LogP contribution in [0.5, 0.6) is 5.75 Å². The molecule has 20 heavy (non-hydrogen) atoms. The highest BCUT2D eigenvalue weighted by atomic mass is 16.3. The highest BCUT2D eigenvalue weighted by molar-refractivity contribution is 5.77. The number of nitrogens with zero attached hydrogens (tertiary/aromatic N) is 3. The molecular formula is C15H23N3O2. The Bertz CT molecular complexity index is 576. The molecule has 2 rings (SSSR count). The van der Waals surface area contributed by atoms with E-state index in [9.17, 15) is 10.2 Å². The average Bonchev–Trinajstić information content (AvgIpc) is 2.78. The van der Waals surface area contributed by atoms with Gasteiger partial charge in [0.25, 0.3) is 0 Å². The summed E-state index contributed by atoms with van der Waals surface area (Å²) in [7, 11) is 0. The van der Waals surface area contributed by atoms with Gasteiger partial charge in [0.15, 0.2) is 0 Å². The van der Waals surface area contributed by atoms with Crippen LogP contribution < -0.4 is 0 Å². The van der Waals surface area contributed by atoms with E-state index in [0.29, 0.717) is 6.54 Å². The molecule has 0 amide bonds. The van der Waals surface area contributed by atoms with Crippen molar-refractivity contribution in [3.05, 3.63) is 24.0 Å². The molecule has 0 spiro atoms.